The Bertz CT molecular complexity index is 887. The minimum atomic E-state index is -2.86. The summed E-state index contributed by atoms with van der Waals surface area (Å²) in [5.74, 6) is 0.0948. The van der Waals surface area contributed by atoms with Crippen molar-refractivity contribution in [2.75, 3.05) is 13.1 Å². The number of hydrazone groups is 1. The molecule has 1 unspecified atom stereocenters. The van der Waals surface area contributed by atoms with E-state index in [2.05, 4.69) is 40.6 Å². The van der Waals surface area contributed by atoms with Crippen LogP contribution in [0.5, 0.6) is 5.75 Å². The van der Waals surface area contributed by atoms with E-state index in [1.807, 2.05) is 5.01 Å². The highest BCUT2D eigenvalue weighted by Gasteiger charge is 2.52. The van der Waals surface area contributed by atoms with Gasteiger partial charge < -0.3 is 9.84 Å². The van der Waals surface area contributed by atoms with Crippen molar-refractivity contribution in [1.29, 1.82) is 0 Å². The van der Waals surface area contributed by atoms with Crippen LogP contribution in [0.2, 0.25) is 0 Å². The highest BCUT2D eigenvalue weighted by atomic mass is 79.9. The zero-order valence-corrected chi connectivity index (χ0v) is 18.8. The number of fused-ring (bicyclic) bond motifs is 1. The van der Waals surface area contributed by atoms with Crippen molar-refractivity contribution in [3.63, 3.8) is 0 Å². The number of halogens is 3. The first-order valence-electron chi connectivity index (χ1n) is 10.3. The Kier molecular flexibility index (Phi) is 7.14. The Balaban J connectivity index is 0.00000256. The van der Waals surface area contributed by atoms with Gasteiger partial charge in [-0.2, -0.15) is 8.78 Å². The van der Waals surface area contributed by atoms with E-state index in [1.54, 1.807) is 12.1 Å². The normalized spacial score (nSPS) is 21.3. The number of hydrogen-bond acceptors (Lipinski definition) is 3. The van der Waals surface area contributed by atoms with Crippen molar-refractivity contribution in [3.05, 3.63) is 65.2 Å². The Morgan fingerprint density at radius 1 is 1.07 bits per heavy atom. The Morgan fingerprint density at radius 3 is 2.40 bits per heavy atom. The molecule has 2 aromatic carbocycles. The largest absolute Gasteiger partial charge is 0.435 e. The molecule has 1 fully saturated rings. The van der Waals surface area contributed by atoms with Crippen molar-refractivity contribution in [1.82, 2.24) is 5.01 Å². The SMILES string of the molecule is Br.CCc1ccc(C2=[N+]3CCCCCN3C(O)(c3ccc(OC(F)F)cc3)C2)cc1. The van der Waals surface area contributed by atoms with Crippen LogP contribution in [0.3, 0.4) is 0 Å². The Hall–Kier alpha value is -1.99. The minimum Gasteiger partial charge on any atom is -0.435 e. The number of nitrogens with zero attached hydrogens (tertiary/aromatic N) is 2. The lowest BCUT2D eigenvalue weighted by Crippen LogP contribution is -2.46. The van der Waals surface area contributed by atoms with E-state index in [-0.39, 0.29) is 22.7 Å². The molecule has 4 rings (SSSR count). The third kappa shape index (κ3) is 4.37. The van der Waals surface area contributed by atoms with Crippen LogP contribution in [0, 0.1) is 0 Å². The fraction of sp³-hybridized carbons (Fsp3) is 0.435. The smallest absolute Gasteiger partial charge is 0.387 e. The number of hydrazine groups is 1. The molecule has 2 aliphatic heterocycles. The molecule has 0 saturated carbocycles. The molecule has 1 saturated heterocycles. The molecule has 0 radical (unpaired) electrons. The van der Waals surface area contributed by atoms with Gasteiger partial charge in [0.05, 0.1) is 13.0 Å². The minimum absolute atomic E-state index is 0. The molecule has 7 heteroatoms. The van der Waals surface area contributed by atoms with Crippen LogP contribution in [-0.4, -0.2) is 40.2 Å². The van der Waals surface area contributed by atoms with Gasteiger partial charge in [-0.1, -0.05) is 31.2 Å². The highest BCUT2D eigenvalue weighted by Crippen LogP contribution is 2.38. The second kappa shape index (κ2) is 9.43. The summed E-state index contributed by atoms with van der Waals surface area (Å²) in [6.45, 7) is 0.888. The zero-order valence-electron chi connectivity index (χ0n) is 17.1. The number of aliphatic hydroxyl groups is 1. The van der Waals surface area contributed by atoms with E-state index >= 15 is 0 Å². The fourth-order valence-corrected chi connectivity index (χ4v) is 4.36. The van der Waals surface area contributed by atoms with Crippen LogP contribution in [0.25, 0.3) is 0 Å². The van der Waals surface area contributed by atoms with Gasteiger partial charge in [0.1, 0.15) is 5.75 Å². The lowest BCUT2D eigenvalue weighted by atomic mass is 9.94. The van der Waals surface area contributed by atoms with Gasteiger partial charge >= 0.3 is 6.61 Å². The number of aryl methyl sites for hydroxylation is 1. The van der Waals surface area contributed by atoms with E-state index in [4.69, 9.17) is 0 Å². The van der Waals surface area contributed by atoms with E-state index < -0.39 is 12.3 Å². The van der Waals surface area contributed by atoms with Crippen LogP contribution in [-0.2, 0) is 12.1 Å². The third-order valence-corrected chi connectivity index (χ3v) is 5.92. The van der Waals surface area contributed by atoms with E-state index in [9.17, 15) is 13.9 Å². The van der Waals surface area contributed by atoms with Gasteiger partial charge in [-0.15, -0.1) is 26.7 Å². The molecule has 162 valence electrons. The summed E-state index contributed by atoms with van der Waals surface area (Å²) in [6, 6.07) is 14.9. The number of ether oxygens (including phenoxy) is 1. The lowest BCUT2D eigenvalue weighted by molar-refractivity contribution is -0.706. The Labute approximate surface area is 186 Å². The Morgan fingerprint density at radius 2 is 1.77 bits per heavy atom. The molecule has 0 amide bonds. The van der Waals surface area contributed by atoms with Crippen LogP contribution >= 0.6 is 17.0 Å². The quantitative estimate of drug-likeness (QED) is 0.618. The zero-order chi connectivity index (χ0) is 20.4. The van der Waals surface area contributed by atoms with Crippen molar-refractivity contribution >= 4 is 22.7 Å². The molecule has 0 aliphatic carbocycles. The molecule has 1 N–H and O–H groups in total. The van der Waals surface area contributed by atoms with Crippen molar-refractivity contribution in [2.24, 2.45) is 0 Å². The second-order valence-electron chi connectivity index (χ2n) is 7.70. The van der Waals surface area contributed by atoms with Gasteiger partial charge in [0.15, 0.2) is 6.54 Å². The topological polar surface area (TPSA) is 35.7 Å². The molecular weight excluding hydrogens is 454 g/mol. The van der Waals surface area contributed by atoms with Crippen LogP contribution in [0.1, 0.15) is 49.3 Å². The molecule has 2 aromatic rings. The number of hydrogen-bond donors (Lipinski definition) is 1. The van der Waals surface area contributed by atoms with Crippen molar-refractivity contribution in [3.8, 4) is 5.75 Å². The monoisotopic (exact) mass is 481 g/mol. The summed E-state index contributed by atoms with van der Waals surface area (Å²) in [5, 5.41) is 13.8. The van der Waals surface area contributed by atoms with Crippen molar-refractivity contribution in [2.45, 2.75) is 51.4 Å². The summed E-state index contributed by atoms with van der Waals surface area (Å²) in [4.78, 5) is 0. The summed E-state index contributed by atoms with van der Waals surface area (Å²) >= 11 is 0. The van der Waals surface area contributed by atoms with Crippen molar-refractivity contribution < 1.29 is 23.3 Å². The maximum atomic E-state index is 12.5. The average Bonchev–Trinajstić information content (AvgIpc) is 2.87. The van der Waals surface area contributed by atoms with Gasteiger partial charge in [0.2, 0.25) is 11.4 Å². The maximum absolute atomic E-state index is 12.5. The van der Waals surface area contributed by atoms with Crippen LogP contribution < -0.4 is 4.74 Å². The van der Waals surface area contributed by atoms with Crippen LogP contribution in [0.4, 0.5) is 8.78 Å². The maximum Gasteiger partial charge on any atom is 0.387 e. The molecule has 1 atom stereocenters. The molecular formula is C23H28BrF2N2O2+. The number of alkyl halides is 2. The van der Waals surface area contributed by atoms with Crippen LogP contribution in [0.15, 0.2) is 48.5 Å². The predicted molar refractivity (Wildman–Crippen MR) is 118 cm³/mol. The molecule has 0 spiro atoms. The molecule has 0 aromatic heterocycles. The van der Waals surface area contributed by atoms with Gasteiger partial charge in [0, 0.05) is 17.5 Å². The highest BCUT2D eigenvalue weighted by molar-refractivity contribution is 8.93. The summed E-state index contributed by atoms with van der Waals surface area (Å²) in [5.41, 5.74) is 2.98. The first-order chi connectivity index (χ1) is 14.0. The van der Waals surface area contributed by atoms with Gasteiger partial charge in [-0.25, -0.2) is 0 Å². The van der Waals surface area contributed by atoms with E-state index in [1.165, 1.54) is 17.7 Å². The number of benzene rings is 2. The molecule has 4 nitrogen and oxygen atoms in total. The fourth-order valence-electron chi connectivity index (χ4n) is 4.36. The second-order valence-corrected chi connectivity index (χ2v) is 7.70. The molecule has 30 heavy (non-hydrogen) atoms. The summed E-state index contributed by atoms with van der Waals surface area (Å²) in [6.07, 6.45) is 4.64. The summed E-state index contributed by atoms with van der Waals surface area (Å²) < 4.78 is 31.6. The molecule has 2 heterocycles. The van der Waals surface area contributed by atoms with E-state index in [0.717, 1.165) is 50.0 Å². The molecule has 2 aliphatic rings. The predicted octanol–water partition coefficient (Wildman–Crippen LogP) is 4.88. The summed E-state index contributed by atoms with van der Waals surface area (Å²) in [7, 11) is 0. The third-order valence-electron chi connectivity index (χ3n) is 5.92. The van der Waals surface area contributed by atoms with Gasteiger partial charge in [0.25, 0.3) is 0 Å². The molecule has 0 bridgehead atoms. The lowest BCUT2D eigenvalue weighted by Gasteiger charge is -2.30. The number of rotatable bonds is 5. The standard InChI is InChI=1S/C23H27F2N2O2.BrH/c1-2-17-6-8-18(9-7-17)21-16-23(28,27-15-5-3-4-14-26(21)27)19-10-12-20(13-11-19)29-22(24)25;/h6-13,22,28H,2-5,14-16H2,1H3;1H/q+1;. The van der Waals surface area contributed by atoms with Gasteiger partial charge in [-0.05, 0) is 49.1 Å². The van der Waals surface area contributed by atoms with Gasteiger partial charge in [-0.3, -0.25) is 0 Å². The average molecular weight is 482 g/mol. The first-order valence-corrected chi connectivity index (χ1v) is 10.3. The van der Waals surface area contributed by atoms with E-state index in [0.29, 0.717) is 12.0 Å². The first kappa shape index (κ1) is 22.7.